The Labute approximate surface area is 170 Å². The molecule has 0 bridgehead atoms. The van der Waals surface area contributed by atoms with E-state index in [2.05, 4.69) is 27.2 Å². The molecule has 3 rings (SSSR count). The largest absolute Gasteiger partial charge is 0.480 e. The third-order valence-corrected chi connectivity index (χ3v) is 4.53. The summed E-state index contributed by atoms with van der Waals surface area (Å²) in [5.74, 6) is 1.28. The van der Waals surface area contributed by atoms with Gasteiger partial charge in [-0.1, -0.05) is 40.0 Å². The molecule has 6 nitrogen and oxygen atoms in total. The predicted octanol–water partition coefficient (Wildman–Crippen LogP) is 3.44. The van der Waals surface area contributed by atoms with Gasteiger partial charge in [-0.3, -0.25) is 14.9 Å². The number of ether oxygens (including phenoxy) is 1. The van der Waals surface area contributed by atoms with Crippen molar-refractivity contribution in [1.29, 1.82) is 0 Å². The molecule has 0 saturated carbocycles. The van der Waals surface area contributed by atoms with E-state index in [0.29, 0.717) is 17.0 Å². The Bertz CT molecular complexity index is 1050. The van der Waals surface area contributed by atoms with Gasteiger partial charge in [0.2, 0.25) is 0 Å². The van der Waals surface area contributed by atoms with Crippen molar-refractivity contribution in [3.05, 3.63) is 63.6 Å². The number of imide groups is 2. The van der Waals surface area contributed by atoms with Gasteiger partial charge in [0.15, 0.2) is 0 Å². The number of barbiturate groups is 1. The van der Waals surface area contributed by atoms with Crippen molar-refractivity contribution in [2.45, 2.75) is 6.92 Å². The van der Waals surface area contributed by atoms with Gasteiger partial charge < -0.3 is 4.74 Å². The molecule has 7 heteroatoms. The minimum atomic E-state index is -0.792. The van der Waals surface area contributed by atoms with E-state index in [-0.39, 0.29) is 12.2 Å². The van der Waals surface area contributed by atoms with Crippen LogP contribution in [0.4, 0.5) is 10.5 Å². The maximum atomic E-state index is 13.0. The molecule has 2 aromatic rings. The van der Waals surface area contributed by atoms with Crippen LogP contribution in [-0.4, -0.2) is 24.5 Å². The molecular formula is C21H15BrN2O4. The maximum absolute atomic E-state index is 13.0. The average molecular weight is 439 g/mol. The fourth-order valence-corrected chi connectivity index (χ4v) is 3.11. The number of para-hydroxylation sites is 1. The zero-order chi connectivity index (χ0) is 20.3. The molecule has 28 heavy (non-hydrogen) atoms. The number of terminal acetylenes is 1. The van der Waals surface area contributed by atoms with Gasteiger partial charge in [0.1, 0.15) is 17.9 Å². The topological polar surface area (TPSA) is 75.7 Å². The van der Waals surface area contributed by atoms with Gasteiger partial charge in [0.05, 0.1) is 5.69 Å². The highest BCUT2D eigenvalue weighted by Crippen LogP contribution is 2.29. The number of halogens is 1. The van der Waals surface area contributed by atoms with Crippen LogP contribution in [0, 0.1) is 19.3 Å². The predicted molar refractivity (Wildman–Crippen MR) is 109 cm³/mol. The summed E-state index contributed by atoms with van der Waals surface area (Å²) < 4.78 is 6.20. The first-order valence-corrected chi connectivity index (χ1v) is 9.04. The molecule has 140 valence electrons. The van der Waals surface area contributed by atoms with Gasteiger partial charge in [-0.15, -0.1) is 6.42 Å². The van der Waals surface area contributed by atoms with Gasteiger partial charge in [-0.05, 0) is 42.8 Å². The van der Waals surface area contributed by atoms with Crippen molar-refractivity contribution >= 4 is 45.5 Å². The normalized spacial score (nSPS) is 15.4. The first kappa shape index (κ1) is 19.4. The summed E-state index contributed by atoms with van der Waals surface area (Å²) in [7, 11) is 0. The highest BCUT2D eigenvalue weighted by molar-refractivity contribution is 9.10. The van der Waals surface area contributed by atoms with Crippen molar-refractivity contribution in [3.63, 3.8) is 0 Å². The van der Waals surface area contributed by atoms with E-state index >= 15 is 0 Å². The maximum Gasteiger partial charge on any atom is 0.335 e. The molecule has 0 aliphatic carbocycles. The van der Waals surface area contributed by atoms with Crippen LogP contribution >= 0.6 is 15.9 Å². The molecule has 1 heterocycles. The molecule has 4 amide bonds. The number of hydrogen-bond acceptors (Lipinski definition) is 4. The molecule has 1 fully saturated rings. The molecule has 1 aliphatic heterocycles. The lowest BCUT2D eigenvalue weighted by atomic mass is 10.1. The molecule has 0 aromatic heterocycles. The number of aryl methyl sites for hydroxylation is 1. The molecule has 0 radical (unpaired) electrons. The number of carbonyl (C=O) groups excluding carboxylic acids is 3. The number of amides is 4. The zero-order valence-electron chi connectivity index (χ0n) is 14.9. The van der Waals surface area contributed by atoms with Crippen LogP contribution in [0.15, 0.2) is 52.5 Å². The van der Waals surface area contributed by atoms with E-state index in [1.807, 2.05) is 0 Å². The van der Waals surface area contributed by atoms with Crippen molar-refractivity contribution in [2.24, 2.45) is 0 Å². The van der Waals surface area contributed by atoms with E-state index in [1.54, 1.807) is 49.4 Å². The Morgan fingerprint density at radius 2 is 1.96 bits per heavy atom. The summed E-state index contributed by atoms with van der Waals surface area (Å²) in [5.41, 5.74) is 1.41. The van der Waals surface area contributed by atoms with Crippen LogP contribution in [-0.2, 0) is 9.59 Å². The third kappa shape index (κ3) is 3.82. The number of carbonyl (C=O) groups is 3. The highest BCUT2D eigenvalue weighted by atomic mass is 79.9. The fraction of sp³-hybridized carbons (Fsp3) is 0.0952. The molecule has 0 spiro atoms. The molecule has 1 N–H and O–H groups in total. The van der Waals surface area contributed by atoms with Crippen molar-refractivity contribution < 1.29 is 19.1 Å². The van der Waals surface area contributed by atoms with E-state index in [1.165, 1.54) is 6.08 Å². The Kier molecular flexibility index (Phi) is 5.62. The third-order valence-electron chi connectivity index (χ3n) is 4.04. The Morgan fingerprint density at radius 1 is 1.21 bits per heavy atom. The van der Waals surface area contributed by atoms with Gasteiger partial charge in [-0.25, -0.2) is 9.69 Å². The van der Waals surface area contributed by atoms with Crippen molar-refractivity contribution in [3.8, 4) is 18.1 Å². The molecule has 0 atom stereocenters. The van der Waals surface area contributed by atoms with Gasteiger partial charge in [-0.2, -0.15) is 0 Å². The summed E-state index contributed by atoms with van der Waals surface area (Å²) in [4.78, 5) is 38.6. The SMILES string of the molecule is C#CCOc1ccc(Br)cc1/C=C1/C(=O)NC(=O)N(c2ccccc2C)C1=O. The van der Waals surface area contributed by atoms with E-state index in [4.69, 9.17) is 11.2 Å². The number of anilines is 1. The summed E-state index contributed by atoms with van der Waals surface area (Å²) in [6, 6.07) is 11.2. The number of rotatable bonds is 4. The van der Waals surface area contributed by atoms with Crippen LogP contribution in [0.5, 0.6) is 5.75 Å². The lowest BCUT2D eigenvalue weighted by Crippen LogP contribution is -2.54. The van der Waals surface area contributed by atoms with Gasteiger partial charge in [0, 0.05) is 10.0 Å². The monoisotopic (exact) mass is 438 g/mol. The molecule has 1 aliphatic rings. The van der Waals surface area contributed by atoms with Crippen LogP contribution < -0.4 is 15.0 Å². The average Bonchev–Trinajstić information content (AvgIpc) is 2.66. The minimum Gasteiger partial charge on any atom is -0.480 e. The molecule has 2 aromatic carbocycles. The number of urea groups is 1. The number of nitrogens with one attached hydrogen (secondary N) is 1. The standard InChI is InChI=1S/C21H15BrN2O4/c1-3-10-28-18-9-8-15(22)11-14(18)12-16-19(25)23-21(27)24(20(16)26)17-7-5-4-6-13(17)2/h1,4-9,11-12H,10H2,2H3,(H,23,25,27)/b16-12-. The van der Waals surface area contributed by atoms with Crippen LogP contribution in [0.3, 0.4) is 0 Å². The van der Waals surface area contributed by atoms with E-state index in [9.17, 15) is 14.4 Å². The van der Waals surface area contributed by atoms with Crippen molar-refractivity contribution in [2.75, 3.05) is 11.5 Å². The lowest BCUT2D eigenvalue weighted by Gasteiger charge is -2.27. The first-order chi connectivity index (χ1) is 13.4. The Balaban J connectivity index is 2.07. The number of hydrogen-bond donors (Lipinski definition) is 1. The van der Waals surface area contributed by atoms with E-state index < -0.39 is 17.8 Å². The smallest absolute Gasteiger partial charge is 0.335 e. The zero-order valence-corrected chi connectivity index (χ0v) is 16.4. The number of benzene rings is 2. The van der Waals surface area contributed by atoms with Crippen LogP contribution in [0.25, 0.3) is 6.08 Å². The minimum absolute atomic E-state index is 0.0335. The lowest BCUT2D eigenvalue weighted by molar-refractivity contribution is -0.122. The van der Waals surface area contributed by atoms with Crippen LogP contribution in [0.1, 0.15) is 11.1 Å². The van der Waals surface area contributed by atoms with Crippen molar-refractivity contribution in [1.82, 2.24) is 5.32 Å². The number of nitrogens with zero attached hydrogens (tertiary/aromatic N) is 1. The molecule has 0 unspecified atom stereocenters. The fourth-order valence-electron chi connectivity index (χ4n) is 2.73. The summed E-state index contributed by atoms with van der Waals surface area (Å²) >= 11 is 3.35. The first-order valence-electron chi connectivity index (χ1n) is 8.25. The quantitative estimate of drug-likeness (QED) is 0.450. The summed E-state index contributed by atoms with van der Waals surface area (Å²) in [6.45, 7) is 1.81. The van der Waals surface area contributed by atoms with E-state index in [0.717, 1.165) is 14.9 Å². The Morgan fingerprint density at radius 3 is 2.68 bits per heavy atom. The summed E-state index contributed by atoms with van der Waals surface area (Å²) in [5, 5.41) is 2.21. The summed E-state index contributed by atoms with van der Waals surface area (Å²) in [6.07, 6.45) is 6.62. The molecular weight excluding hydrogens is 424 g/mol. The van der Waals surface area contributed by atoms with Gasteiger partial charge >= 0.3 is 6.03 Å². The molecule has 1 saturated heterocycles. The second kappa shape index (κ2) is 8.11. The highest BCUT2D eigenvalue weighted by Gasteiger charge is 2.37. The van der Waals surface area contributed by atoms with Crippen LogP contribution in [0.2, 0.25) is 0 Å². The Hall–Kier alpha value is -3.37. The second-order valence-corrected chi connectivity index (χ2v) is 6.83. The second-order valence-electron chi connectivity index (χ2n) is 5.92. The van der Waals surface area contributed by atoms with Gasteiger partial charge in [0.25, 0.3) is 11.8 Å².